The van der Waals surface area contributed by atoms with Gasteiger partial charge in [-0.1, -0.05) is 36.4 Å². The summed E-state index contributed by atoms with van der Waals surface area (Å²) in [6.45, 7) is 7.36. The van der Waals surface area contributed by atoms with Crippen molar-refractivity contribution in [2.45, 2.75) is 33.4 Å². The van der Waals surface area contributed by atoms with Crippen LogP contribution in [0.15, 0.2) is 48.5 Å². The molecule has 0 fully saturated rings. The predicted octanol–water partition coefficient (Wildman–Crippen LogP) is 3.99. The summed E-state index contributed by atoms with van der Waals surface area (Å²) >= 11 is 0. The SMILES string of the molecule is Cc1ccc(N(Cc2ccccc2)C(C)C)cc1N. The summed E-state index contributed by atoms with van der Waals surface area (Å²) in [6.07, 6.45) is 0. The van der Waals surface area contributed by atoms with Crippen molar-refractivity contribution in [3.8, 4) is 0 Å². The van der Waals surface area contributed by atoms with E-state index in [1.165, 1.54) is 11.3 Å². The number of hydrogen-bond donors (Lipinski definition) is 1. The monoisotopic (exact) mass is 254 g/mol. The van der Waals surface area contributed by atoms with E-state index < -0.39 is 0 Å². The second-order valence-electron chi connectivity index (χ2n) is 5.25. The van der Waals surface area contributed by atoms with Crippen LogP contribution < -0.4 is 10.6 Å². The molecule has 0 unspecified atom stereocenters. The average Bonchev–Trinajstić information content (AvgIpc) is 2.40. The molecule has 0 spiro atoms. The molecule has 0 atom stereocenters. The van der Waals surface area contributed by atoms with E-state index in [-0.39, 0.29) is 0 Å². The maximum absolute atomic E-state index is 6.03. The Morgan fingerprint density at radius 3 is 2.32 bits per heavy atom. The molecule has 0 saturated heterocycles. The Balaban J connectivity index is 2.27. The number of nitrogens with two attached hydrogens (primary N) is 1. The van der Waals surface area contributed by atoms with Gasteiger partial charge < -0.3 is 10.6 Å². The Hall–Kier alpha value is -1.96. The summed E-state index contributed by atoms with van der Waals surface area (Å²) in [6, 6.07) is 17.3. The quantitative estimate of drug-likeness (QED) is 0.836. The van der Waals surface area contributed by atoms with E-state index in [9.17, 15) is 0 Å². The van der Waals surface area contributed by atoms with Gasteiger partial charge in [-0.3, -0.25) is 0 Å². The molecule has 0 heterocycles. The number of anilines is 2. The van der Waals surface area contributed by atoms with Crippen LogP contribution in [0.2, 0.25) is 0 Å². The number of aryl methyl sites for hydroxylation is 1. The first-order valence-electron chi connectivity index (χ1n) is 6.74. The van der Waals surface area contributed by atoms with E-state index in [0.717, 1.165) is 17.8 Å². The fraction of sp³-hybridized carbons (Fsp3) is 0.294. The molecule has 0 aromatic heterocycles. The molecule has 2 nitrogen and oxygen atoms in total. The summed E-state index contributed by atoms with van der Waals surface area (Å²) in [5, 5.41) is 0. The van der Waals surface area contributed by atoms with E-state index in [0.29, 0.717) is 6.04 Å². The minimum atomic E-state index is 0.433. The molecule has 2 aromatic rings. The maximum Gasteiger partial charge on any atom is 0.0432 e. The summed E-state index contributed by atoms with van der Waals surface area (Å²) in [5.41, 5.74) is 10.5. The van der Waals surface area contributed by atoms with Gasteiger partial charge in [-0.05, 0) is 44.0 Å². The minimum absolute atomic E-state index is 0.433. The topological polar surface area (TPSA) is 29.3 Å². The molecule has 2 heteroatoms. The lowest BCUT2D eigenvalue weighted by Crippen LogP contribution is -2.30. The lowest BCUT2D eigenvalue weighted by Gasteiger charge is -2.29. The molecule has 2 aromatic carbocycles. The largest absolute Gasteiger partial charge is 0.398 e. The van der Waals surface area contributed by atoms with Crippen LogP contribution in [0.5, 0.6) is 0 Å². The second-order valence-corrected chi connectivity index (χ2v) is 5.25. The van der Waals surface area contributed by atoms with Gasteiger partial charge in [0, 0.05) is 24.0 Å². The number of hydrogen-bond acceptors (Lipinski definition) is 2. The van der Waals surface area contributed by atoms with Crippen LogP contribution in [0.25, 0.3) is 0 Å². The van der Waals surface area contributed by atoms with Gasteiger partial charge in [0.15, 0.2) is 0 Å². The lowest BCUT2D eigenvalue weighted by atomic mass is 10.1. The molecule has 0 bridgehead atoms. The van der Waals surface area contributed by atoms with Crippen LogP contribution in [0.1, 0.15) is 25.0 Å². The van der Waals surface area contributed by atoms with E-state index in [1.807, 2.05) is 13.0 Å². The van der Waals surface area contributed by atoms with Crippen molar-refractivity contribution < 1.29 is 0 Å². The van der Waals surface area contributed by atoms with Crippen molar-refractivity contribution >= 4 is 11.4 Å². The van der Waals surface area contributed by atoms with Crippen molar-refractivity contribution in [2.75, 3.05) is 10.6 Å². The highest BCUT2D eigenvalue weighted by Gasteiger charge is 2.11. The first-order chi connectivity index (χ1) is 9.08. The molecule has 0 radical (unpaired) electrons. The zero-order chi connectivity index (χ0) is 13.8. The van der Waals surface area contributed by atoms with Gasteiger partial charge in [-0.15, -0.1) is 0 Å². The Bertz CT molecular complexity index is 532. The smallest absolute Gasteiger partial charge is 0.0432 e. The zero-order valence-corrected chi connectivity index (χ0v) is 11.9. The number of nitrogens with zero attached hydrogens (tertiary/aromatic N) is 1. The van der Waals surface area contributed by atoms with E-state index in [2.05, 4.69) is 61.2 Å². The Kier molecular flexibility index (Phi) is 4.10. The first kappa shape index (κ1) is 13.5. The van der Waals surface area contributed by atoms with Gasteiger partial charge in [0.25, 0.3) is 0 Å². The molecule has 0 amide bonds. The standard InChI is InChI=1S/C17H22N2/c1-13(2)19(12-15-7-5-4-6-8-15)16-10-9-14(3)17(18)11-16/h4-11,13H,12,18H2,1-3H3. The van der Waals surface area contributed by atoms with Gasteiger partial charge in [0.1, 0.15) is 0 Å². The van der Waals surface area contributed by atoms with Crippen LogP contribution in [-0.2, 0) is 6.54 Å². The van der Waals surface area contributed by atoms with E-state index in [4.69, 9.17) is 5.73 Å². The van der Waals surface area contributed by atoms with Gasteiger partial charge in [0.05, 0.1) is 0 Å². The molecule has 0 saturated carbocycles. The highest BCUT2D eigenvalue weighted by Crippen LogP contribution is 2.24. The number of rotatable bonds is 4. The Morgan fingerprint density at radius 2 is 1.74 bits per heavy atom. The van der Waals surface area contributed by atoms with Crippen LogP contribution >= 0.6 is 0 Å². The molecular weight excluding hydrogens is 232 g/mol. The fourth-order valence-corrected chi connectivity index (χ4v) is 2.16. The third-order valence-electron chi connectivity index (χ3n) is 3.41. The molecule has 2 N–H and O–H groups in total. The fourth-order valence-electron chi connectivity index (χ4n) is 2.16. The van der Waals surface area contributed by atoms with E-state index in [1.54, 1.807) is 0 Å². The summed E-state index contributed by atoms with van der Waals surface area (Å²) in [4.78, 5) is 2.37. The van der Waals surface area contributed by atoms with Crippen molar-refractivity contribution in [3.05, 3.63) is 59.7 Å². The van der Waals surface area contributed by atoms with Crippen molar-refractivity contribution in [3.63, 3.8) is 0 Å². The normalized spacial score (nSPS) is 10.7. The van der Waals surface area contributed by atoms with Crippen LogP contribution in [0, 0.1) is 6.92 Å². The van der Waals surface area contributed by atoms with Gasteiger partial charge in [-0.25, -0.2) is 0 Å². The summed E-state index contributed by atoms with van der Waals surface area (Å²) < 4.78 is 0. The Morgan fingerprint density at radius 1 is 1.05 bits per heavy atom. The lowest BCUT2D eigenvalue weighted by molar-refractivity contribution is 0.682. The molecule has 0 aliphatic rings. The second kappa shape index (κ2) is 5.79. The molecule has 0 aliphatic carbocycles. The highest BCUT2D eigenvalue weighted by atomic mass is 15.1. The highest BCUT2D eigenvalue weighted by molar-refractivity contribution is 5.60. The molecular formula is C17H22N2. The predicted molar refractivity (Wildman–Crippen MR) is 83.4 cm³/mol. The van der Waals surface area contributed by atoms with Crippen LogP contribution in [-0.4, -0.2) is 6.04 Å². The summed E-state index contributed by atoms with van der Waals surface area (Å²) in [5.74, 6) is 0. The van der Waals surface area contributed by atoms with Crippen molar-refractivity contribution in [2.24, 2.45) is 0 Å². The first-order valence-corrected chi connectivity index (χ1v) is 6.74. The molecule has 0 aliphatic heterocycles. The zero-order valence-electron chi connectivity index (χ0n) is 11.9. The van der Waals surface area contributed by atoms with Gasteiger partial charge in [-0.2, -0.15) is 0 Å². The molecule has 19 heavy (non-hydrogen) atoms. The third-order valence-corrected chi connectivity index (χ3v) is 3.41. The minimum Gasteiger partial charge on any atom is -0.398 e. The third kappa shape index (κ3) is 3.28. The molecule has 100 valence electrons. The maximum atomic E-state index is 6.03. The van der Waals surface area contributed by atoms with Crippen molar-refractivity contribution in [1.82, 2.24) is 0 Å². The van der Waals surface area contributed by atoms with Crippen LogP contribution in [0.3, 0.4) is 0 Å². The van der Waals surface area contributed by atoms with E-state index >= 15 is 0 Å². The van der Waals surface area contributed by atoms with Gasteiger partial charge >= 0.3 is 0 Å². The number of benzene rings is 2. The van der Waals surface area contributed by atoms with Gasteiger partial charge in [0.2, 0.25) is 0 Å². The Labute approximate surface area is 115 Å². The van der Waals surface area contributed by atoms with Crippen molar-refractivity contribution in [1.29, 1.82) is 0 Å². The summed E-state index contributed by atoms with van der Waals surface area (Å²) in [7, 11) is 0. The number of nitrogen functional groups attached to an aromatic ring is 1. The van der Waals surface area contributed by atoms with Crippen LogP contribution in [0.4, 0.5) is 11.4 Å². The average molecular weight is 254 g/mol. The molecule has 2 rings (SSSR count).